The minimum Gasteiger partial charge on any atom is -0.490 e. The van der Waals surface area contributed by atoms with E-state index >= 15 is 0 Å². The van der Waals surface area contributed by atoms with Gasteiger partial charge >= 0.3 is 0 Å². The van der Waals surface area contributed by atoms with Crippen molar-refractivity contribution in [1.29, 1.82) is 0 Å². The zero-order chi connectivity index (χ0) is 12.8. The maximum Gasteiger partial charge on any atom is 0.119 e. The molecule has 0 radical (unpaired) electrons. The molecule has 0 spiro atoms. The summed E-state index contributed by atoms with van der Waals surface area (Å²) in [5.74, 6) is 0.858. The summed E-state index contributed by atoms with van der Waals surface area (Å²) < 4.78 is 5.42. The Bertz CT molecular complexity index is 382. The van der Waals surface area contributed by atoms with E-state index in [0.717, 1.165) is 31.6 Å². The Kier molecular flexibility index (Phi) is 4.39. The van der Waals surface area contributed by atoms with Crippen LogP contribution in [-0.2, 0) is 6.54 Å². The Labute approximate surface area is 108 Å². The molecule has 0 heterocycles. The van der Waals surface area contributed by atoms with Gasteiger partial charge < -0.3 is 15.2 Å². The van der Waals surface area contributed by atoms with Crippen LogP contribution in [0.15, 0.2) is 36.9 Å². The van der Waals surface area contributed by atoms with E-state index in [9.17, 15) is 5.11 Å². The summed E-state index contributed by atoms with van der Waals surface area (Å²) in [6.45, 7) is 5.61. The Balaban J connectivity index is 1.74. The van der Waals surface area contributed by atoms with Gasteiger partial charge in [0, 0.05) is 13.1 Å². The van der Waals surface area contributed by atoms with Gasteiger partial charge in [0.25, 0.3) is 0 Å². The van der Waals surface area contributed by atoms with Crippen molar-refractivity contribution in [2.24, 2.45) is 0 Å². The number of hydrogen-bond acceptors (Lipinski definition) is 3. The third-order valence-electron chi connectivity index (χ3n) is 3.36. The van der Waals surface area contributed by atoms with Crippen LogP contribution in [0.25, 0.3) is 0 Å². The summed E-state index contributed by atoms with van der Waals surface area (Å²) >= 11 is 0. The molecule has 1 aromatic carbocycles. The number of nitrogens with one attached hydrogen (secondary N) is 1. The average Bonchev–Trinajstić information content (AvgIpc) is 2.36. The van der Waals surface area contributed by atoms with Crippen LogP contribution >= 0.6 is 0 Å². The molecule has 1 fully saturated rings. The fourth-order valence-electron chi connectivity index (χ4n) is 2.06. The van der Waals surface area contributed by atoms with Crippen molar-refractivity contribution in [2.75, 3.05) is 13.2 Å². The molecule has 0 saturated heterocycles. The largest absolute Gasteiger partial charge is 0.490 e. The van der Waals surface area contributed by atoms with Crippen molar-refractivity contribution < 1.29 is 9.84 Å². The topological polar surface area (TPSA) is 41.5 Å². The van der Waals surface area contributed by atoms with Crippen molar-refractivity contribution in [3.05, 3.63) is 42.5 Å². The number of rotatable bonds is 7. The van der Waals surface area contributed by atoms with Crippen LogP contribution in [0.5, 0.6) is 5.75 Å². The summed E-state index contributed by atoms with van der Waals surface area (Å²) in [6.07, 6.45) is 4.73. The van der Waals surface area contributed by atoms with Gasteiger partial charge in [-0.1, -0.05) is 24.8 Å². The zero-order valence-electron chi connectivity index (χ0n) is 10.7. The molecule has 0 atom stereocenters. The number of aliphatic hydroxyl groups is 1. The first-order chi connectivity index (χ1) is 8.72. The molecule has 2 N–H and O–H groups in total. The second kappa shape index (κ2) is 6.03. The van der Waals surface area contributed by atoms with Gasteiger partial charge in [0.1, 0.15) is 12.4 Å². The van der Waals surface area contributed by atoms with Gasteiger partial charge in [-0.15, -0.1) is 0 Å². The van der Waals surface area contributed by atoms with Crippen LogP contribution in [-0.4, -0.2) is 23.9 Å². The normalized spacial score (nSPS) is 16.9. The van der Waals surface area contributed by atoms with E-state index < -0.39 is 5.60 Å². The van der Waals surface area contributed by atoms with Gasteiger partial charge in [0.05, 0.1) is 5.60 Å². The lowest BCUT2D eigenvalue weighted by Crippen LogP contribution is -2.45. The fourth-order valence-corrected chi connectivity index (χ4v) is 2.06. The summed E-state index contributed by atoms with van der Waals surface area (Å²) in [6, 6.07) is 7.99. The Morgan fingerprint density at radius 1 is 1.33 bits per heavy atom. The second-order valence-corrected chi connectivity index (χ2v) is 4.93. The Morgan fingerprint density at radius 3 is 2.61 bits per heavy atom. The highest BCUT2D eigenvalue weighted by Crippen LogP contribution is 2.30. The molecular weight excluding hydrogens is 226 g/mol. The molecule has 2 rings (SSSR count). The molecule has 18 heavy (non-hydrogen) atoms. The van der Waals surface area contributed by atoms with Crippen molar-refractivity contribution in [3.8, 4) is 5.75 Å². The summed E-state index contributed by atoms with van der Waals surface area (Å²) in [4.78, 5) is 0. The molecule has 1 aromatic rings. The van der Waals surface area contributed by atoms with E-state index in [2.05, 4.69) is 11.9 Å². The maximum absolute atomic E-state index is 9.94. The van der Waals surface area contributed by atoms with E-state index in [1.165, 1.54) is 5.56 Å². The molecule has 0 amide bonds. The molecule has 3 heteroatoms. The third-order valence-corrected chi connectivity index (χ3v) is 3.36. The number of ether oxygens (including phenoxy) is 1. The monoisotopic (exact) mass is 247 g/mol. The van der Waals surface area contributed by atoms with Crippen LogP contribution in [0.3, 0.4) is 0 Å². The van der Waals surface area contributed by atoms with Crippen LogP contribution in [0.4, 0.5) is 0 Å². The molecule has 98 valence electrons. The molecule has 0 aromatic heterocycles. The van der Waals surface area contributed by atoms with E-state index in [1.807, 2.05) is 24.3 Å². The van der Waals surface area contributed by atoms with Crippen molar-refractivity contribution in [1.82, 2.24) is 5.32 Å². The van der Waals surface area contributed by atoms with E-state index in [4.69, 9.17) is 4.74 Å². The smallest absolute Gasteiger partial charge is 0.119 e. The summed E-state index contributed by atoms with van der Waals surface area (Å²) in [5.41, 5.74) is 0.747. The predicted molar refractivity (Wildman–Crippen MR) is 72.6 cm³/mol. The molecule has 1 aliphatic rings. The van der Waals surface area contributed by atoms with Crippen LogP contribution < -0.4 is 10.1 Å². The van der Waals surface area contributed by atoms with Crippen molar-refractivity contribution in [3.63, 3.8) is 0 Å². The minimum atomic E-state index is -0.451. The first-order valence-corrected chi connectivity index (χ1v) is 6.48. The van der Waals surface area contributed by atoms with Gasteiger partial charge in [-0.25, -0.2) is 0 Å². The molecule has 3 nitrogen and oxygen atoms in total. The lowest BCUT2D eigenvalue weighted by Gasteiger charge is -2.36. The van der Waals surface area contributed by atoms with Crippen LogP contribution in [0.2, 0.25) is 0 Å². The molecule has 0 bridgehead atoms. The first-order valence-electron chi connectivity index (χ1n) is 6.48. The lowest BCUT2D eigenvalue weighted by molar-refractivity contribution is -0.0314. The Morgan fingerprint density at radius 2 is 2.06 bits per heavy atom. The van der Waals surface area contributed by atoms with E-state index in [0.29, 0.717) is 13.2 Å². The van der Waals surface area contributed by atoms with Gasteiger partial charge in [0.15, 0.2) is 0 Å². The minimum absolute atomic E-state index is 0.451. The van der Waals surface area contributed by atoms with E-state index in [1.54, 1.807) is 6.08 Å². The van der Waals surface area contributed by atoms with Crippen LogP contribution in [0.1, 0.15) is 24.8 Å². The standard InChI is InChI=1S/C15H21NO2/c1-2-10-18-14-6-4-13(5-7-14)11-16-12-15(17)8-3-9-15/h2,4-7,16-17H,1,3,8-12H2. The van der Waals surface area contributed by atoms with E-state index in [-0.39, 0.29) is 0 Å². The fraction of sp³-hybridized carbons (Fsp3) is 0.467. The molecule has 1 saturated carbocycles. The highest BCUT2D eigenvalue weighted by Gasteiger charge is 2.33. The molecule has 1 aliphatic carbocycles. The zero-order valence-corrected chi connectivity index (χ0v) is 10.7. The van der Waals surface area contributed by atoms with Gasteiger partial charge in [0.2, 0.25) is 0 Å². The van der Waals surface area contributed by atoms with Gasteiger partial charge in [-0.05, 0) is 37.0 Å². The number of hydrogen-bond donors (Lipinski definition) is 2. The molecule has 0 unspecified atom stereocenters. The van der Waals surface area contributed by atoms with Crippen molar-refractivity contribution >= 4 is 0 Å². The van der Waals surface area contributed by atoms with Gasteiger partial charge in [-0.2, -0.15) is 0 Å². The van der Waals surface area contributed by atoms with Crippen LogP contribution in [0, 0.1) is 0 Å². The highest BCUT2D eigenvalue weighted by atomic mass is 16.5. The first kappa shape index (κ1) is 13.1. The maximum atomic E-state index is 9.94. The quantitative estimate of drug-likeness (QED) is 0.726. The second-order valence-electron chi connectivity index (χ2n) is 4.93. The lowest BCUT2D eigenvalue weighted by atomic mass is 9.80. The predicted octanol–water partition coefficient (Wildman–Crippen LogP) is 2.26. The molecule has 0 aliphatic heterocycles. The average molecular weight is 247 g/mol. The highest BCUT2D eigenvalue weighted by molar-refractivity contribution is 5.27. The summed E-state index contributed by atoms with van der Waals surface area (Å²) in [7, 11) is 0. The number of benzene rings is 1. The Hall–Kier alpha value is -1.32. The summed E-state index contributed by atoms with van der Waals surface area (Å²) in [5, 5.41) is 13.2. The SMILES string of the molecule is C=CCOc1ccc(CNCC2(O)CCC2)cc1. The van der Waals surface area contributed by atoms with Gasteiger partial charge in [-0.3, -0.25) is 0 Å². The molecular formula is C15H21NO2. The third kappa shape index (κ3) is 3.59. The van der Waals surface area contributed by atoms with Crippen molar-refractivity contribution in [2.45, 2.75) is 31.4 Å².